The van der Waals surface area contributed by atoms with E-state index < -0.39 is 0 Å². The first-order valence-corrected chi connectivity index (χ1v) is 6.81. The molecule has 2 rings (SSSR count). The third-order valence-electron chi connectivity index (χ3n) is 2.66. The molecule has 5 heteroatoms. The van der Waals surface area contributed by atoms with Gasteiger partial charge in [-0.2, -0.15) is 0 Å². The molecule has 0 fully saturated rings. The summed E-state index contributed by atoms with van der Waals surface area (Å²) in [4.78, 5) is 11.9. The maximum atomic E-state index is 11.9. The molecule has 0 spiro atoms. The van der Waals surface area contributed by atoms with Crippen LogP contribution in [0.5, 0.6) is 0 Å². The van der Waals surface area contributed by atoms with Crippen molar-refractivity contribution in [2.24, 2.45) is 0 Å². The zero-order valence-electron chi connectivity index (χ0n) is 11.1. The van der Waals surface area contributed by atoms with E-state index in [4.69, 9.17) is 23.2 Å². The molecule has 2 aromatic carbocycles. The third kappa shape index (κ3) is 3.89. The number of aryl methyl sites for hydroxylation is 2. The molecule has 20 heavy (non-hydrogen) atoms. The Morgan fingerprint density at radius 3 is 2.25 bits per heavy atom. The van der Waals surface area contributed by atoms with Crippen molar-refractivity contribution in [3.63, 3.8) is 0 Å². The Balaban J connectivity index is 2.11. The van der Waals surface area contributed by atoms with Gasteiger partial charge in [0.2, 0.25) is 0 Å². The highest BCUT2D eigenvalue weighted by atomic mass is 35.5. The average molecular weight is 309 g/mol. The van der Waals surface area contributed by atoms with Gasteiger partial charge >= 0.3 is 6.03 Å². The topological polar surface area (TPSA) is 41.1 Å². The summed E-state index contributed by atoms with van der Waals surface area (Å²) in [5.41, 5.74) is 3.38. The Hall–Kier alpha value is -1.71. The van der Waals surface area contributed by atoms with Gasteiger partial charge < -0.3 is 10.6 Å². The SMILES string of the molecule is Cc1cc(C)cc(NC(=O)Nc2cc(Cl)ccc2Cl)c1. The number of hydrogen-bond donors (Lipinski definition) is 2. The summed E-state index contributed by atoms with van der Waals surface area (Å²) < 4.78 is 0. The molecule has 2 aromatic rings. The largest absolute Gasteiger partial charge is 0.323 e. The molecular formula is C15H14Cl2N2O. The minimum Gasteiger partial charge on any atom is -0.308 e. The molecule has 0 aromatic heterocycles. The van der Waals surface area contributed by atoms with E-state index >= 15 is 0 Å². The Labute approximate surface area is 127 Å². The van der Waals surface area contributed by atoms with Crippen LogP contribution in [0.4, 0.5) is 16.2 Å². The van der Waals surface area contributed by atoms with Crippen LogP contribution >= 0.6 is 23.2 Å². The smallest absolute Gasteiger partial charge is 0.308 e. The fraction of sp³-hybridized carbons (Fsp3) is 0.133. The number of urea groups is 1. The normalized spacial score (nSPS) is 10.2. The van der Waals surface area contributed by atoms with E-state index in [1.807, 2.05) is 32.0 Å². The van der Waals surface area contributed by atoms with Crippen LogP contribution in [-0.2, 0) is 0 Å². The molecule has 0 saturated carbocycles. The number of carbonyl (C=O) groups excluding carboxylic acids is 1. The molecule has 2 amide bonds. The zero-order chi connectivity index (χ0) is 14.7. The van der Waals surface area contributed by atoms with Gasteiger partial charge in [-0.25, -0.2) is 4.79 Å². The van der Waals surface area contributed by atoms with Gasteiger partial charge in [0.1, 0.15) is 0 Å². The van der Waals surface area contributed by atoms with Crippen molar-refractivity contribution in [2.45, 2.75) is 13.8 Å². The van der Waals surface area contributed by atoms with E-state index in [-0.39, 0.29) is 6.03 Å². The van der Waals surface area contributed by atoms with Crippen molar-refractivity contribution >= 4 is 40.6 Å². The Kier molecular flexibility index (Phi) is 4.53. The standard InChI is InChI=1S/C15H14Cl2N2O/c1-9-5-10(2)7-12(6-9)18-15(20)19-14-8-11(16)3-4-13(14)17/h3-8H,1-2H3,(H2,18,19,20). The molecule has 0 bridgehead atoms. The number of nitrogens with one attached hydrogen (secondary N) is 2. The van der Waals surface area contributed by atoms with E-state index in [1.165, 1.54) is 0 Å². The number of hydrogen-bond acceptors (Lipinski definition) is 1. The highest BCUT2D eigenvalue weighted by molar-refractivity contribution is 6.35. The van der Waals surface area contributed by atoms with Crippen LogP contribution < -0.4 is 10.6 Å². The molecule has 2 N–H and O–H groups in total. The van der Waals surface area contributed by atoms with Crippen LogP contribution in [0.3, 0.4) is 0 Å². The summed E-state index contributed by atoms with van der Waals surface area (Å²) >= 11 is 11.9. The number of amides is 2. The van der Waals surface area contributed by atoms with Gasteiger partial charge in [0, 0.05) is 10.7 Å². The number of anilines is 2. The lowest BCUT2D eigenvalue weighted by atomic mass is 10.1. The minimum absolute atomic E-state index is 0.362. The van der Waals surface area contributed by atoms with E-state index in [9.17, 15) is 4.79 Å². The van der Waals surface area contributed by atoms with E-state index in [2.05, 4.69) is 10.6 Å². The molecule has 0 heterocycles. The molecule has 3 nitrogen and oxygen atoms in total. The summed E-state index contributed by atoms with van der Waals surface area (Å²) in [5.74, 6) is 0. The Morgan fingerprint density at radius 2 is 1.60 bits per heavy atom. The first-order valence-electron chi connectivity index (χ1n) is 6.05. The van der Waals surface area contributed by atoms with Crippen molar-refractivity contribution in [1.29, 1.82) is 0 Å². The fourth-order valence-electron chi connectivity index (χ4n) is 1.92. The van der Waals surface area contributed by atoms with E-state index in [0.717, 1.165) is 16.8 Å². The molecule has 0 aliphatic heterocycles. The first kappa shape index (κ1) is 14.7. The van der Waals surface area contributed by atoms with Gasteiger partial charge in [-0.15, -0.1) is 0 Å². The average Bonchev–Trinajstić information content (AvgIpc) is 2.32. The second kappa shape index (κ2) is 6.16. The molecule has 0 saturated heterocycles. The van der Waals surface area contributed by atoms with Gasteiger partial charge in [-0.3, -0.25) is 0 Å². The van der Waals surface area contributed by atoms with Gasteiger partial charge in [0.05, 0.1) is 10.7 Å². The van der Waals surface area contributed by atoms with Crippen LogP contribution in [-0.4, -0.2) is 6.03 Å². The summed E-state index contributed by atoms with van der Waals surface area (Å²) in [6.07, 6.45) is 0. The summed E-state index contributed by atoms with van der Waals surface area (Å²) in [6, 6.07) is 10.4. The van der Waals surface area contributed by atoms with Crippen LogP contribution in [0.1, 0.15) is 11.1 Å². The van der Waals surface area contributed by atoms with Crippen molar-refractivity contribution in [3.8, 4) is 0 Å². The van der Waals surface area contributed by atoms with Crippen LogP contribution in [0, 0.1) is 13.8 Å². The summed E-state index contributed by atoms with van der Waals surface area (Å²) in [6.45, 7) is 3.95. The monoisotopic (exact) mass is 308 g/mol. The van der Waals surface area contributed by atoms with Gasteiger partial charge in [0.25, 0.3) is 0 Å². The second-order valence-corrected chi connectivity index (χ2v) is 5.42. The van der Waals surface area contributed by atoms with Gasteiger partial charge in [-0.05, 0) is 55.3 Å². The first-order chi connectivity index (χ1) is 9.44. The minimum atomic E-state index is -0.362. The van der Waals surface area contributed by atoms with Gasteiger partial charge in [0.15, 0.2) is 0 Å². The quantitative estimate of drug-likeness (QED) is 0.781. The molecule has 104 valence electrons. The van der Waals surface area contributed by atoms with Crippen molar-refractivity contribution in [3.05, 3.63) is 57.6 Å². The summed E-state index contributed by atoms with van der Waals surface area (Å²) in [7, 11) is 0. The third-order valence-corrected chi connectivity index (χ3v) is 3.22. The molecule has 0 aliphatic rings. The molecular weight excluding hydrogens is 295 g/mol. The zero-order valence-corrected chi connectivity index (χ0v) is 12.6. The number of halogens is 2. The van der Waals surface area contributed by atoms with Crippen LogP contribution in [0.2, 0.25) is 10.0 Å². The lowest BCUT2D eigenvalue weighted by Crippen LogP contribution is -2.19. The molecule has 0 aliphatic carbocycles. The summed E-state index contributed by atoms with van der Waals surface area (Å²) in [5, 5.41) is 6.38. The van der Waals surface area contributed by atoms with Crippen LogP contribution in [0.25, 0.3) is 0 Å². The highest BCUT2D eigenvalue weighted by Crippen LogP contribution is 2.25. The lowest BCUT2D eigenvalue weighted by molar-refractivity contribution is 0.262. The predicted molar refractivity (Wildman–Crippen MR) is 85.0 cm³/mol. The van der Waals surface area contributed by atoms with Crippen molar-refractivity contribution in [2.75, 3.05) is 10.6 Å². The maximum absolute atomic E-state index is 11.9. The van der Waals surface area contributed by atoms with Crippen molar-refractivity contribution < 1.29 is 4.79 Å². The Morgan fingerprint density at radius 1 is 0.950 bits per heavy atom. The fourth-order valence-corrected chi connectivity index (χ4v) is 2.26. The number of benzene rings is 2. The van der Waals surface area contributed by atoms with E-state index in [1.54, 1.807) is 18.2 Å². The highest BCUT2D eigenvalue weighted by Gasteiger charge is 2.07. The molecule has 0 atom stereocenters. The second-order valence-electron chi connectivity index (χ2n) is 4.58. The Bertz CT molecular complexity index is 636. The maximum Gasteiger partial charge on any atom is 0.323 e. The van der Waals surface area contributed by atoms with E-state index in [0.29, 0.717) is 15.7 Å². The van der Waals surface area contributed by atoms with Gasteiger partial charge in [-0.1, -0.05) is 29.3 Å². The van der Waals surface area contributed by atoms with Crippen molar-refractivity contribution in [1.82, 2.24) is 0 Å². The predicted octanol–water partition coefficient (Wildman–Crippen LogP) is 5.25. The van der Waals surface area contributed by atoms with Crippen LogP contribution in [0.15, 0.2) is 36.4 Å². The lowest BCUT2D eigenvalue weighted by Gasteiger charge is -2.10. The molecule has 0 radical (unpaired) electrons. The molecule has 0 unspecified atom stereocenters. The number of carbonyl (C=O) groups is 1. The number of rotatable bonds is 2.